The molecule has 0 bridgehead atoms. The zero-order valence-corrected chi connectivity index (χ0v) is 16.3. The molecule has 0 saturated heterocycles. The Bertz CT molecular complexity index is 1200. The topological polar surface area (TPSA) is 123 Å². The molecule has 0 aromatic heterocycles. The third kappa shape index (κ3) is 3.12. The molecule has 0 fully saturated rings. The summed E-state index contributed by atoms with van der Waals surface area (Å²) in [4.78, 5) is 11.6. The molecule has 2 aliphatic heterocycles. The standard InChI is InChI=1S/C20H18N4O4S/c1-12(25)23-17-9-13(11-21)10-18-16(17)6-8-24(18)29(27,28)19-4-2-3-15-14(19)5-7-22-20(15)26/h2-5,7,9-10,20,22,26H,6,8H2,1H3,(H,23,25). The van der Waals surface area contributed by atoms with Crippen molar-refractivity contribution < 1.29 is 18.3 Å². The van der Waals surface area contributed by atoms with Crippen LogP contribution in [0.4, 0.5) is 11.4 Å². The minimum absolute atomic E-state index is 0.0723. The van der Waals surface area contributed by atoms with E-state index in [9.17, 15) is 23.6 Å². The van der Waals surface area contributed by atoms with Gasteiger partial charge in [0.15, 0.2) is 6.23 Å². The highest BCUT2D eigenvalue weighted by atomic mass is 32.2. The minimum atomic E-state index is -3.97. The maximum atomic E-state index is 13.5. The minimum Gasteiger partial charge on any atom is -0.369 e. The van der Waals surface area contributed by atoms with Crippen LogP contribution in [0.2, 0.25) is 0 Å². The quantitative estimate of drug-likeness (QED) is 0.710. The van der Waals surface area contributed by atoms with E-state index in [1.165, 1.54) is 29.6 Å². The highest BCUT2D eigenvalue weighted by Crippen LogP contribution is 2.40. The Hall–Kier alpha value is -3.35. The SMILES string of the molecule is CC(=O)Nc1cc(C#N)cc2c1CCN2S(=O)(=O)c1cccc2c1C=CNC2O. The Kier molecular flexibility index (Phi) is 4.53. The van der Waals surface area contributed by atoms with E-state index in [4.69, 9.17) is 0 Å². The number of fused-ring (bicyclic) bond motifs is 2. The molecule has 4 rings (SSSR count). The largest absolute Gasteiger partial charge is 0.369 e. The van der Waals surface area contributed by atoms with Gasteiger partial charge in [0.1, 0.15) is 0 Å². The number of nitrogens with zero attached hydrogens (tertiary/aromatic N) is 2. The number of hydrogen-bond donors (Lipinski definition) is 3. The lowest BCUT2D eigenvalue weighted by atomic mass is 10.0. The fourth-order valence-electron chi connectivity index (χ4n) is 3.72. The number of nitrogens with one attached hydrogen (secondary N) is 2. The summed E-state index contributed by atoms with van der Waals surface area (Å²) in [5.74, 6) is -0.299. The van der Waals surface area contributed by atoms with Crippen molar-refractivity contribution in [2.75, 3.05) is 16.2 Å². The molecule has 2 heterocycles. The lowest BCUT2D eigenvalue weighted by molar-refractivity contribution is -0.114. The third-order valence-electron chi connectivity index (χ3n) is 4.97. The van der Waals surface area contributed by atoms with E-state index in [1.807, 2.05) is 6.07 Å². The van der Waals surface area contributed by atoms with Crippen molar-refractivity contribution in [3.63, 3.8) is 0 Å². The monoisotopic (exact) mass is 410 g/mol. The highest BCUT2D eigenvalue weighted by Gasteiger charge is 2.35. The Labute approximate surface area is 168 Å². The van der Waals surface area contributed by atoms with E-state index in [1.54, 1.807) is 24.3 Å². The second-order valence-corrected chi connectivity index (χ2v) is 8.63. The van der Waals surface area contributed by atoms with E-state index in [2.05, 4.69) is 10.6 Å². The number of anilines is 2. The number of aliphatic hydroxyl groups is 1. The summed E-state index contributed by atoms with van der Waals surface area (Å²) < 4.78 is 28.3. The maximum absolute atomic E-state index is 13.5. The molecule has 0 spiro atoms. The number of carbonyl (C=O) groups excluding carboxylic acids is 1. The fourth-order valence-corrected chi connectivity index (χ4v) is 5.43. The molecule has 2 aromatic rings. The first-order chi connectivity index (χ1) is 13.8. The summed E-state index contributed by atoms with van der Waals surface area (Å²) >= 11 is 0. The van der Waals surface area contributed by atoms with E-state index in [0.717, 1.165) is 0 Å². The first-order valence-electron chi connectivity index (χ1n) is 8.94. The number of carbonyl (C=O) groups is 1. The maximum Gasteiger partial charge on any atom is 0.264 e. The van der Waals surface area contributed by atoms with Crippen LogP contribution < -0.4 is 14.9 Å². The molecule has 9 heteroatoms. The van der Waals surface area contributed by atoms with Gasteiger partial charge in [0.05, 0.1) is 22.2 Å². The molecule has 3 N–H and O–H groups in total. The Morgan fingerprint density at radius 2 is 2.17 bits per heavy atom. The van der Waals surface area contributed by atoms with Gasteiger partial charge < -0.3 is 15.7 Å². The lowest BCUT2D eigenvalue weighted by Crippen LogP contribution is -2.31. The van der Waals surface area contributed by atoms with Crippen molar-refractivity contribution in [3.8, 4) is 6.07 Å². The third-order valence-corrected chi connectivity index (χ3v) is 6.84. The summed E-state index contributed by atoms with van der Waals surface area (Å²) in [7, 11) is -3.97. The van der Waals surface area contributed by atoms with E-state index in [-0.39, 0.29) is 22.9 Å². The van der Waals surface area contributed by atoms with Gasteiger partial charge >= 0.3 is 0 Å². The average Bonchev–Trinajstić information content (AvgIpc) is 3.12. The Morgan fingerprint density at radius 1 is 1.38 bits per heavy atom. The zero-order valence-electron chi connectivity index (χ0n) is 15.5. The molecule has 1 amide bonds. The second-order valence-electron chi connectivity index (χ2n) is 6.80. The van der Waals surface area contributed by atoms with E-state index >= 15 is 0 Å². The predicted molar refractivity (Wildman–Crippen MR) is 107 cm³/mol. The fraction of sp³-hybridized carbons (Fsp3) is 0.200. The number of aliphatic hydroxyl groups excluding tert-OH is 1. The zero-order chi connectivity index (χ0) is 20.8. The number of benzene rings is 2. The van der Waals surface area contributed by atoms with Gasteiger partial charge in [-0.25, -0.2) is 8.42 Å². The number of nitriles is 1. The molecule has 1 atom stereocenters. The van der Waals surface area contributed by atoms with Crippen molar-refractivity contribution in [2.45, 2.75) is 24.5 Å². The average molecular weight is 410 g/mol. The van der Waals surface area contributed by atoms with E-state index < -0.39 is 16.3 Å². The highest BCUT2D eigenvalue weighted by molar-refractivity contribution is 7.93. The summed E-state index contributed by atoms with van der Waals surface area (Å²) in [6.07, 6.45) is 2.53. The molecule has 8 nitrogen and oxygen atoms in total. The molecule has 148 valence electrons. The van der Waals surface area contributed by atoms with Crippen LogP contribution in [0.15, 0.2) is 41.4 Å². The summed E-state index contributed by atoms with van der Waals surface area (Å²) in [5.41, 5.74) is 2.64. The number of rotatable bonds is 3. The molecule has 1 unspecified atom stereocenters. The van der Waals surface area contributed by atoms with Crippen molar-refractivity contribution in [2.24, 2.45) is 0 Å². The van der Waals surface area contributed by atoms with Crippen LogP contribution >= 0.6 is 0 Å². The van der Waals surface area contributed by atoms with E-state index in [0.29, 0.717) is 34.5 Å². The van der Waals surface area contributed by atoms with Gasteiger partial charge in [-0.2, -0.15) is 5.26 Å². The normalized spacial score (nSPS) is 17.1. The molecule has 0 radical (unpaired) electrons. The van der Waals surface area contributed by atoms with Gasteiger partial charge in [-0.05, 0) is 36.9 Å². The lowest BCUT2D eigenvalue weighted by Gasteiger charge is -2.25. The van der Waals surface area contributed by atoms with Crippen LogP contribution in [-0.2, 0) is 21.2 Å². The molecule has 0 saturated carbocycles. The van der Waals surface area contributed by atoms with Crippen molar-refractivity contribution in [3.05, 3.63) is 58.8 Å². The predicted octanol–water partition coefficient (Wildman–Crippen LogP) is 1.83. The van der Waals surface area contributed by atoms with Crippen molar-refractivity contribution >= 4 is 33.4 Å². The van der Waals surface area contributed by atoms with Gasteiger partial charge in [-0.3, -0.25) is 9.10 Å². The number of amides is 1. The molecular weight excluding hydrogens is 392 g/mol. The molecule has 29 heavy (non-hydrogen) atoms. The first kappa shape index (κ1) is 19.0. The van der Waals surface area contributed by atoms with Crippen molar-refractivity contribution in [1.29, 1.82) is 5.26 Å². The van der Waals surface area contributed by atoms with Crippen LogP contribution in [0, 0.1) is 11.3 Å². The van der Waals surface area contributed by atoms with Gasteiger partial charge in [-0.1, -0.05) is 12.1 Å². The van der Waals surface area contributed by atoms with Crippen LogP contribution in [0.1, 0.15) is 35.4 Å². The van der Waals surface area contributed by atoms with Crippen LogP contribution in [0.25, 0.3) is 6.08 Å². The van der Waals surface area contributed by atoms with Gasteiger partial charge in [0, 0.05) is 35.8 Å². The molecular formula is C20H18N4O4S. The van der Waals surface area contributed by atoms with Gasteiger partial charge in [0.2, 0.25) is 5.91 Å². The molecule has 2 aliphatic rings. The van der Waals surface area contributed by atoms with Crippen LogP contribution in [0.5, 0.6) is 0 Å². The Morgan fingerprint density at radius 3 is 2.90 bits per heavy atom. The molecule has 2 aromatic carbocycles. The number of hydrogen-bond acceptors (Lipinski definition) is 6. The smallest absolute Gasteiger partial charge is 0.264 e. The number of sulfonamides is 1. The van der Waals surface area contributed by atoms with Crippen molar-refractivity contribution in [1.82, 2.24) is 5.32 Å². The second kappa shape index (κ2) is 6.92. The summed E-state index contributed by atoms with van der Waals surface area (Å²) in [6, 6.07) is 9.83. The van der Waals surface area contributed by atoms with Crippen LogP contribution in [-0.4, -0.2) is 26.0 Å². The van der Waals surface area contributed by atoms with Gasteiger partial charge in [-0.15, -0.1) is 0 Å². The van der Waals surface area contributed by atoms with Gasteiger partial charge in [0.25, 0.3) is 10.0 Å². The summed E-state index contributed by atoms with van der Waals surface area (Å²) in [5, 5.41) is 24.9. The Balaban J connectivity index is 1.86. The molecule has 0 aliphatic carbocycles. The van der Waals surface area contributed by atoms with Crippen LogP contribution in [0.3, 0.4) is 0 Å². The first-order valence-corrected chi connectivity index (χ1v) is 10.4. The summed E-state index contributed by atoms with van der Waals surface area (Å²) in [6.45, 7) is 1.55.